The van der Waals surface area contributed by atoms with Crippen LogP contribution in [0.4, 0.5) is 0 Å². The summed E-state index contributed by atoms with van der Waals surface area (Å²) in [5.41, 5.74) is 1.19. The number of hydrogen-bond donors (Lipinski definition) is 1. The van der Waals surface area contributed by atoms with Crippen LogP contribution >= 0.6 is 0 Å². The van der Waals surface area contributed by atoms with Crippen molar-refractivity contribution >= 4 is 0 Å². The lowest BCUT2D eigenvalue weighted by atomic mass is 9.97. The highest BCUT2D eigenvalue weighted by molar-refractivity contribution is 5.11. The van der Waals surface area contributed by atoms with E-state index in [2.05, 4.69) is 23.5 Å². The first-order valence-electron chi connectivity index (χ1n) is 7.24. The number of ether oxygens (including phenoxy) is 1. The fourth-order valence-corrected chi connectivity index (χ4v) is 2.70. The molecule has 1 fully saturated rings. The summed E-state index contributed by atoms with van der Waals surface area (Å²) in [6, 6.07) is 3.90. The SMILES string of the molecule is CCn1cc([C@@H]2OCC[C@H]2CNCc2ccco2)cn1. The first kappa shape index (κ1) is 13.4. The second kappa shape index (κ2) is 6.24. The van der Waals surface area contributed by atoms with Gasteiger partial charge in [0.1, 0.15) is 5.76 Å². The zero-order chi connectivity index (χ0) is 13.8. The minimum Gasteiger partial charge on any atom is -0.468 e. The standard InChI is InChI=1S/C15H21N3O2/c1-2-18-11-13(9-17-18)15-12(5-7-20-15)8-16-10-14-4-3-6-19-14/h3-4,6,9,11-12,15-16H,2,5,7-8,10H2,1H3/t12-,15+/m0/s1. The zero-order valence-corrected chi connectivity index (χ0v) is 11.8. The molecule has 20 heavy (non-hydrogen) atoms. The highest BCUT2D eigenvalue weighted by Gasteiger charge is 2.30. The molecule has 5 nitrogen and oxygen atoms in total. The number of rotatable bonds is 6. The zero-order valence-electron chi connectivity index (χ0n) is 11.8. The summed E-state index contributed by atoms with van der Waals surface area (Å²) in [5.74, 6) is 1.47. The molecule has 3 rings (SSSR count). The van der Waals surface area contributed by atoms with Crippen LogP contribution in [0, 0.1) is 5.92 Å². The Morgan fingerprint density at radius 3 is 3.20 bits per heavy atom. The molecule has 2 aromatic heterocycles. The van der Waals surface area contributed by atoms with Crippen molar-refractivity contribution in [3.63, 3.8) is 0 Å². The van der Waals surface area contributed by atoms with Gasteiger partial charge in [0.05, 0.1) is 25.1 Å². The van der Waals surface area contributed by atoms with E-state index in [-0.39, 0.29) is 6.10 Å². The van der Waals surface area contributed by atoms with E-state index in [1.807, 2.05) is 23.0 Å². The molecule has 0 radical (unpaired) electrons. The summed E-state index contributed by atoms with van der Waals surface area (Å²) in [4.78, 5) is 0. The maximum absolute atomic E-state index is 5.88. The van der Waals surface area contributed by atoms with Crippen molar-refractivity contribution in [2.75, 3.05) is 13.2 Å². The molecule has 0 aliphatic carbocycles. The Balaban J connectivity index is 1.55. The molecule has 1 saturated heterocycles. The van der Waals surface area contributed by atoms with Gasteiger partial charge in [0, 0.05) is 37.4 Å². The van der Waals surface area contributed by atoms with Gasteiger partial charge in [0.2, 0.25) is 0 Å². The topological polar surface area (TPSA) is 52.2 Å². The van der Waals surface area contributed by atoms with E-state index in [0.717, 1.165) is 38.4 Å². The maximum Gasteiger partial charge on any atom is 0.117 e. The first-order chi connectivity index (χ1) is 9.86. The van der Waals surface area contributed by atoms with Gasteiger partial charge >= 0.3 is 0 Å². The first-order valence-corrected chi connectivity index (χ1v) is 7.24. The predicted molar refractivity (Wildman–Crippen MR) is 75.1 cm³/mol. The normalized spacial score (nSPS) is 22.4. The smallest absolute Gasteiger partial charge is 0.117 e. The Kier molecular flexibility index (Phi) is 4.18. The highest BCUT2D eigenvalue weighted by Crippen LogP contribution is 2.33. The third kappa shape index (κ3) is 2.94. The van der Waals surface area contributed by atoms with Gasteiger partial charge in [-0.05, 0) is 25.5 Å². The molecule has 0 spiro atoms. The van der Waals surface area contributed by atoms with Crippen LogP contribution in [0.25, 0.3) is 0 Å². The Bertz CT molecular complexity index is 521. The minimum atomic E-state index is 0.166. The van der Waals surface area contributed by atoms with E-state index in [1.165, 1.54) is 5.56 Å². The average molecular weight is 275 g/mol. The average Bonchev–Trinajstić information content (AvgIpc) is 3.20. The van der Waals surface area contributed by atoms with Gasteiger partial charge in [-0.25, -0.2) is 0 Å². The summed E-state index contributed by atoms with van der Waals surface area (Å²) in [6.07, 6.45) is 6.98. The van der Waals surface area contributed by atoms with Crippen molar-refractivity contribution in [2.24, 2.45) is 5.92 Å². The van der Waals surface area contributed by atoms with Crippen molar-refractivity contribution < 1.29 is 9.15 Å². The van der Waals surface area contributed by atoms with Crippen molar-refractivity contribution in [1.29, 1.82) is 0 Å². The second-order valence-electron chi connectivity index (χ2n) is 5.18. The van der Waals surface area contributed by atoms with E-state index >= 15 is 0 Å². The number of nitrogens with zero attached hydrogens (tertiary/aromatic N) is 2. The summed E-state index contributed by atoms with van der Waals surface area (Å²) in [7, 11) is 0. The molecular weight excluding hydrogens is 254 g/mol. The van der Waals surface area contributed by atoms with Crippen molar-refractivity contribution in [3.05, 3.63) is 42.1 Å². The number of hydrogen-bond acceptors (Lipinski definition) is 4. The molecule has 0 unspecified atom stereocenters. The van der Waals surface area contributed by atoms with Gasteiger partial charge in [-0.1, -0.05) is 0 Å². The molecule has 2 aromatic rings. The van der Waals surface area contributed by atoms with Crippen LogP contribution in [0.1, 0.15) is 30.8 Å². The molecule has 1 N–H and O–H groups in total. The summed E-state index contributed by atoms with van der Waals surface area (Å²) >= 11 is 0. The Hall–Kier alpha value is -1.59. The molecule has 108 valence electrons. The summed E-state index contributed by atoms with van der Waals surface area (Å²) in [5, 5.41) is 7.79. The lowest BCUT2D eigenvalue weighted by Gasteiger charge is -2.17. The predicted octanol–water partition coefficient (Wildman–Crippen LogP) is 2.36. The lowest BCUT2D eigenvalue weighted by Crippen LogP contribution is -2.24. The molecule has 0 bridgehead atoms. The summed E-state index contributed by atoms with van der Waals surface area (Å²) in [6.45, 7) is 5.52. The molecule has 0 aromatic carbocycles. The Morgan fingerprint density at radius 2 is 2.45 bits per heavy atom. The monoisotopic (exact) mass is 275 g/mol. The molecule has 2 atom stereocenters. The number of furan rings is 1. The fourth-order valence-electron chi connectivity index (χ4n) is 2.70. The lowest BCUT2D eigenvalue weighted by molar-refractivity contribution is 0.0902. The fraction of sp³-hybridized carbons (Fsp3) is 0.533. The van der Waals surface area contributed by atoms with Gasteiger partial charge in [-0.15, -0.1) is 0 Å². The van der Waals surface area contributed by atoms with Gasteiger partial charge in [0.15, 0.2) is 0 Å². The van der Waals surface area contributed by atoms with Crippen LogP contribution < -0.4 is 5.32 Å². The molecule has 5 heteroatoms. The van der Waals surface area contributed by atoms with E-state index in [4.69, 9.17) is 9.15 Å². The van der Waals surface area contributed by atoms with Crippen LogP contribution in [0.3, 0.4) is 0 Å². The molecule has 3 heterocycles. The Morgan fingerprint density at radius 1 is 1.50 bits per heavy atom. The highest BCUT2D eigenvalue weighted by atomic mass is 16.5. The molecule has 1 aliphatic heterocycles. The van der Waals surface area contributed by atoms with Crippen molar-refractivity contribution in [3.8, 4) is 0 Å². The van der Waals surface area contributed by atoms with Gasteiger partial charge < -0.3 is 14.5 Å². The number of aryl methyl sites for hydroxylation is 1. The van der Waals surface area contributed by atoms with E-state index in [0.29, 0.717) is 5.92 Å². The van der Waals surface area contributed by atoms with Crippen LogP contribution in [0.15, 0.2) is 35.2 Å². The van der Waals surface area contributed by atoms with Crippen molar-refractivity contribution in [1.82, 2.24) is 15.1 Å². The molecule has 0 amide bonds. The summed E-state index contributed by atoms with van der Waals surface area (Å²) < 4.78 is 13.1. The van der Waals surface area contributed by atoms with Crippen LogP contribution in [-0.2, 0) is 17.8 Å². The van der Waals surface area contributed by atoms with E-state index < -0.39 is 0 Å². The van der Waals surface area contributed by atoms with Crippen molar-refractivity contribution in [2.45, 2.75) is 32.5 Å². The van der Waals surface area contributed by atoms with Gasteiger partial charge in [-0.3, -0.25) is 4.68 Å². The Labute approximate surface area is 118 Å². The maximum atomic E-state index is 5.88. The minimum absolute atomic E-state index is 0.166. The molecule has 1 aliphatic rings. The van der Waals surface area contributed by atoms with Gasteiger partial charge in [0.25, 0.3) is 0 Å². The largest absolute Gasteiger partial charge is 0.468 e. The third-order valence-corrected chi connectivity index (χ3v) is 3.81. The third-order valence-electron chi connectivity index (χ3n) is 3.81. The number of aromatic nitrogens is 2. The van der Waals surface area contributed by atoms with Crippen LogP contribution in [0.2, 0.25) is 0 Å². The quantitative estimate of drug-likeness (QED) is 0.879. The van der Waals surface area contributed by atoms with Crippen LogP contribution in [0.5, 0.6) is 0 Å². The van der Waals surface area contributed by atoms with Gasteiger partial charge in [-0.2, -0.15) is 5.10 Å². The van der Waals surface area contributed by atoms with Crippen LogP contribution in [-0.4, -0.2) is 22.9 Å². The van der Waals surface area contributed by atoms with E-state index in [1.54, 1.807) is 6.26 Å². The second-order valence-corrected chi connectivity index (χ2v) is 5.18. The molecule has 0 saturated carbocycles. The molecular formula is C15H21N3O2. The van der Waals surface area contributed by atoms with E-state index in [9.17, 15) is 0 Å². The number of nitrogens with one attached hydrogen (secondary N) is 1.